The molecule has 0 rings (SSSR count). The predicted octanol–water partition coefficient (Wildman–Crippen LogP) is 5.72. The summed E-state index contributed by atoms with van der Waals surface area (Å²) in [5.74, 6) is 0.278. The molecule has 0 bridgehead atoms. The number of rotatable bonds is 9. The van der Waals surface area contributed by atoms with Crippen molar-refractivity contribution in [3.63, 3.8) is 0 Å². The lowest BCUT2D eigenvalue weighted by Gasteiger charge is -2.45. The van der Waals surface area contributed by atoms with Gasteiger partial charge in [0.25, 0.3) is 0 Å². The van der Waals surface area contributed by atoms with E-state index in [0.29, 0.717) is 23.0 Å². The fourth-order valence-corrected chi connectivity index (χ4v) is 9.68. The third-order valence-electron chi connectivity index (χ3n) is 4.35. The van der Waals surface area contributed by atoms with Crippen LogP contribution in [-0.2, 0) is 9.22 Å². The van der Waals surface area contributed by atoms with Crippen molar-refractivity contribution in [2.75, 3.05) is 0 Å². The first-order valence-electron chi connectivity index (χ1n) is 7.62. The van der Waals surface area contributed by atoms with Gasteiger partial charge >= 0.3 is 0 Å². The molecule has 0 unspecified atom stereocenters. The van der Waals surface area contributed by atoms with E-state index in [1.165, 1.54) is 0 Å². The minimum atomic E-state index is -1.91. The Labute approximate surface area is 140 Å². The molecule has 118 valence electrons. The van der Waals surface area contributed by atoms with E-state index in [-0.39, 0.29) is 12.0 Å². The molecule has 0 N–H and O–H groups in total. The van der Waals surface area contributed by atoms with Crippen molar-refractivity contribution in [2.45, 2.75) is 77.6 Å². The second kappa shape index (κ2) is 9.36. The van der Waals surface area contributed by atoms with E-state index in [4.69, 9.17) is 4.43 Å². The summed E-state index contributed by atoms with van der Waals surface area (Å²) in [7, 11) is -1.91. The van der Waals surface area contributed by atoms with Gasteiger partial charge in [0.05, 0.1) is 6.10 Å². The van der Waals surface area contributed by atoms with Gasteiger partial charge in [-0.2, -0.15) is 0 Å². The normalized spacial score (nSPS) is 16.4. The Morgan fingerprint density at radius 2 is 1.45 bits per heavy atom. The molecule has 0 fully saturated rings. The summed E-state index contributed by atoms with van der Waals surface area (Å²) in [4.78, 5) is 11.0. The van der Waals surface area contributed by atoms with Crippen LogP contribution in [-0.4, -0.2) is 20.7 Å². The molecule has 2 atom stereocenters. The SMILES string of the molecule is CC(C)[Si](O[C@H](CC=O)[C@@H](C)/C=C/I)(C(C)C)C(C)C. The van der Waals surface area contributed by atoms with Crippen LogP contribution in [0.15, 0.2) is 10.2 Å². The van der Waals surface area contributed by atoms with Gasteiger partial charge in [-0.05, 0) is 20.7 Å². The summed E-state index contributed by atoms with van der Waals surface area (Å²) in [6.07, 6.45) is 3.64. The quantitative estimate of drug-likeness (QED) is 0.276. The van der Waals surface area contributed by atoms with Crippen LogP contribution in [0, 0.1) is 5.92 Å². The Morgan fingerprint density at radius 3 is 1.75 bits per heavy atom. The Kier molecular flexibility index (Phi) is 9.51. The van der Waals surface area contributed by atoms with Gasteiger partial charge < -0.3 is 9.22 Å². The fraction of sp³-hybridized carbons (Fsp3) is 0.812. The maximum absolute atomic E-state index is 11.0. The highest BCUT2D eigenvalue weighted by molar-refractivity contribution is 14.1. The van der Waals surface area contributed by atoms with Crippen LogP contribution in [0.5, 0.6) is 0 Å². The van der Waals surface area contributed by atoms with Crippen LogP contribution >= 0.6 is 22.6 Å². The lowest BCUT2D eigenvalue weighted by atomic mass is 10.0. The Morgan fingerprint density at radius 1 is 1.00 bits per heavy atom. The first kappa shape index (κ1) is 20.3. The molecule has 0 saturated heterocycles. The topological polar surface area (TPSA) is 26.3 Å². The molecule has 2 nitrogen and oxygen atoms in total. The number of hydrogen-bond donors (Lipinski definition) is 0. The number of halogens is 1. The van der Waals surface area contributed by atoms with Crippen molar-refractivity contribution in [1.82, 2.24) is 0 Å². The predicted molar refractivity (Wildman–Crippen MR) is 98.9 cm³/mol. The number of carbonyl (C=O) groups excluding carboxylic acids is 1. The Hall–Kier alpha value is 0.317. The van der Waals surface area contributed by atoms with E-state index in [0.717, 1.165) is 6.29 Å². The second-order valence-electron chi connectivity index (χ2n) is 6.55. The molecule has 0 heterocycles. The summed E-state index contributed by atoms with van der Waals surface area (Å²) in [6, 6.07) is 0. The Bertz CT molecular complexity index is 292. The molecular formula is C16H31IO2Si. The van der Waals surface area contributed by atoms with Crippen molar-refractivity contribution in [3.05, 3.63) is 10.2 Å². The molecule has 0 aromatic rings. The zero-order valence-corrected chi connectivity index (χ0v) is 17.2. The van der Waals surface area contributed by atoms with Gasteiger partial charge in [0.2, 0.25) is 8.32 Å². The maximum Gasteiger partial charge on any atom is 0.200 e. The molecule has 0 aliphatic heterocycles. The van der Waals surface area contributed by atoms with E-state index >= 15 is 0 Å². The fourth-order valence-electron chi connectivity index (χ4n) is 3.37. The molecule has 0 aromatic heterocycles. The number of hydrogen-bond acceptors (Lipinski definition) is 2. The van der Waals surface area contributed by atoms with Crippen molar-refractivity contribution < 1.29 is 9.22 Å². The van der Waals surface area contributed by atoms with Gasteiger partial charge in [-0.25, -0.2) is 0 Å². The van der Waals surface area contributed by atoms with Crippen LogP contribution in [0.3, 0.4) is 0 Å². The first-order valence-corrected chi connectivity index (χ1v) is 11.0. The molecule has 0 aliphatic carbocycles. The Balaban J connectivity index is 5.42. The van der Waals surface area contributed by atoms with E-state index < -0.39 is 8.32 Å². The molecule has 0 saturated carbocycles. The van der Waals surface area contributed by atoms with E-state index in [2.05, 4.69) is 77.1 Å². The van der Waals surface area contributed by atoms with Gasteiger partial charge in [0, 0.05) is 12.3 Å². The molecule has 0 spiro atoms. The third-order valence-corrected chi connectivity index (χ3v) is 10.9. The van der Waals surface area contributed by atoms with Crippen LogP contribution < -0.4 is 0 Å². The second-order valence-corrected chi connectivity index (χ2v) is 12.7. The molecular weight excluding hydrogens is 379 g/mol. The van der Waals surface area contributed by atoms with Crippen LogP contribution in [0.4, 0.5) is 0 Å². The highest BCUT2D eigenvalue weighted by Crippen LogP contribution is 2.44. The summed E-state index contributed by atoms with van der Waals surface area (Å²) in [6.45, 7) is 15.8. The minimum Gasteiger partial charge on any atom is -0.412 e. The van der Waals surface area contributed by atoms with Crippen LogP contribution in [0.2, 0.25) is 16.6 Å². The minimum absolute atomic E-state index is 0.0115. The van der Waals surface area contributed by atoms with Crippen LogP contribution in [0.1, 0.15) is 54.9 Å². The molecule has 20 heavy (non-hydrogen) atoms. The van der Waals surface area contributed by atoms with Gasteiger partial charge in [-0.3, -0.25) is 0 Å². The smallest absolute Gasteiger partial charge is 0.200 e. The summed E-state index contributed by atoms with van der Waals surface area (Å²) in [5.41, 5.74) is 1.65. The molecule has 0 amide bonds. The summed E-state index contributed by atoms with van der Waals surface area (Å²) >= 11 is 2.23. The van der Waals surface area contributed by atoms with Crippen molar-refractivity contribution in [3.8, 4) is 0 Å². The van der Waals surface area contributed by atoms with E-state index in [1.54, 1.807) is 0 Å². The average molecular weight is 410 g/mol. The van der Waals surface area contributed by atoms with Gasteiger partial charge in [0.1, 0.15) is 6.29 Å². The van der Waals surface area contributed by atoms with E-state index in [1.807, 2.05) is 4.08 Å². The lowest BCUT2D eigenvalue weighted by molar-refractivity contribution is -0.109. The van der Waals surface area contributed by atoms with Crippen LogP contribution in [0.25, 0.3) is 0 Å². The molecule has 0 aromatic carbocycles. The van der Waals surface area contributed by atoms with Gasteiger partial charge in [-0.1, -0.05) is 77.1 Å². The van der Waals surface area contributed by atoms with Crippen molar-refractivity contribution in [1.29, 1.82) is 0 Å². The standard InChI is InChI=1S/C16H31IO2Si/c1-12(2)20(13(3)4,14(5)6)19-16(9-11-18)15(7)8-10-17/h8,10-16H,9H2,1-7H3/b10-8+/t15-,16+/m0/s1. The zero-order valence-electron chi connectivity index (χ0n) is 14.0. The molecule has 0 aliphatic rings. The number of aldehydes is 1. The summed E-state index contributed by atoms with van der Waals surface area (Å²) in [5, 5.41) is 0. The summed E-state index contributed by atoms with van der Waals surface area (Å²) < 4.78 is 8.75. The van der Waals surface area contributed by atoms with Gasteiger partial charge in [-0.15, -0.1) is 0 Å². The third kappa shape index (κ3) is 4.95. The molecule has 4 heteroatoms. The maximum atomic E-state index is 11.0. The number of carbonyl (C=O) groups is 1. The molecule has 0 radical (unpaired) electrons. The van der Waals surface area contributed by atoms with Gasteiger partial charge in [0.15, 0.2) is 0 Å². The zero-order chi connectivity index (χ0) is 15.9. The van der Waals surface area contributed by atoms with Crippen molar-refractivity contribution in [2.24, 2.45) is 5.92 Å². The van der Waals surface area contributed by atoms with E-state index in [9.17, 15) is 4.79 Å². The van der Waals surface area contributed by atoms with Crippen molar-refractivity contribution >= 4 is 37.2 Å². The average Bonchev–Trinajstić information content (AvgIpc) is 2.33. The lowest BCUT2D eigenvalue weighted by Crippen LogP contribution is -2.51. The first-order chi connectivity index (χ1) is 9.23. The largest absolute Gasteiger partial charge is 0.412 e. The monoisotopic (exact) mass is 410 g/mol. The highest BCUT2D eigenvalue weighted by atomic mass is 127. The highest BCUT2D eigenvalue weighted by Gasteiger charge is 2.46.